The normalized spacial score (nSPS) is 25.6. The number of methoxy groups -OCH3 is 1. The van der Waals surface area contributed by atoms with Gasteiger partial charge in [-0.1, -0.05) is 19.3 Å². The van der Waals surface area contributed by atoms with E-state index in [1.807, 2.05) is 0 Å². The van der Waals surface area contributed by atoms with Crippen LogP contribution in [0.3, 0.4) is 0 Å². The Bertz CT molecular complexity index is 241. The minimum atomic E-state index is 0.665. The second-order valence-electron chi connectivity index (χ2n) is 6.64. The highest BCUT2D eigenvalue weighted by Gasteiger charge is 2.36. The second kappa shape index (κ2) is 7.61. The van der Waals surface area contributed by atoms with Crippen molar-refractivity contribution in [2.24, 2.45) is 5.41 Å². The van der Waals surface area contributed by atoms with E-state index >= 15 is 0 Å². The zero-order valence-electron chi connectivity index (χ0n) is 12.9. The SMILES string of the molecule is COCCNCC(C)N1CCC2(CCCCC2)CC1. The summed E-state index contributed by atoms with van der Waals surface area (Å²) in [6.45, 7) is 7.86. The molecule has 0 aromatic heterocycles. The molecule has 1 aliphatic carbocycles. The molecule has 1 saturated carbocycles. The van der Waals surface area contributed by atoms with Crippen LogP contribution in [0.2, 0.25) is 0 Å². The van der Waals surface area contributed by atoms with E-state index in [9.17, 15) is 0 Å². The predicted octanol–water partition coefficient (Wildman–Crippen LogP) is 2.66. The first kappa shape index (κ1) is 15.3. The van der Waals surface area contributed by atoms with E-state index in [2.05, 4.69) is 17.1 Å². The molecule has 1 heterocycles. The average Bonchev–Trinajstić information content (AvgIpc) is 2.45. The zero-order chi connectivity index (χ0) is 13.6. The van der Waals surface area contributed by atoms with Crippen molar-refractivity contribution >= 4 is 0 Å². The van der Waals surface area contributed by atoms with Crippen LogP contribution in [0.4, 0.5) is 0 Å². The molecule has 1 atom stereocenters. The smallest absolute Gasteiger partial charge is 0.0587 e. The third-order valence-electron chi connectivity index (χ3n) is 5.32. The van der Waals surface area contributed by atoms with Gasteiger partial charge in [0.1, 0.15) is 0 Å². The fraction of sp³-hybridized carbons (Fsp3) is 1.00. The van der Waals surface area contributed by atoms with Crippen molar-refractivity contribution in [2.75, 3.05) is 39.9 Å². The van der Waals surface area contributed by atoms with Crippen molar-refractivity contribution in [2.45, 2.75) is 57.9 Å². The molecule has 0 amide bonds. The lowest BCUT2D eigenvalue weighted by Crippen LogP contribution is -2.48. The molecule has 0 bridgehead atoms. The molecule has 2 rings (SSSR count). The number of likely N-dealkylation sites (tertiary alicyclic amines) is 1. The van der Waals surface area contributed by atoms with Crippen LogP contribution < -0.4 is 5.32 Å². The fourth-order valence-electron chi connectivity index (χ4n) is 3.86. The Morgan fingerprint density at radius 2 is 1.79 bits per heavy atom. The zero-order valence-corrected chi connectivity index (χ0v) is 12.9. The van der Waals surface area contributed by atoms with Crippen molar-refractivity contribution < 1.29 is 4.74 Å². The summed E-state index contributed by atoms with van der Waals surface area (Å²) in [7, 11) is 1.76. The Balaban J connectivity index is 1.67. The van der Waals surface area contributed by atoms with Crippen LogP contribution in [0.25, 0.3) is 0 Å². The molecule has 3 heteroatoms. The fourth-order valence-corrected chi connectivity index (χ4v) is 3.86. The average molecular weight is 268 g/mol. The molecule has 112 valence electrons. The number of hydrogen-bond donors (Lipinski definition) is 1. The lowest BCUT2D eigenvalue weighted by atomic mass is 9.68. The third kappa shape index (κ3) is 4.44. The highest BCUT2D eigenvalue weighted by molar-refractivity contribution is 4.89. The minimum absolute atomic E-state index is 0.665. The van der Waals surface area contributed by atoms with Gasteiger partial charge < -0.3 is 10.1 Å². The molecule has 1 saturated heterocycles. The van der Waals surface area contributed by atoms with Crippen molar-refractivity contribution in [3.63, 3.8) is 0 Å². The molecule has 2 aliphatic rings. The molecule has 3 nitrogen and oxygen atoms in total. The Labute approximate surface area is 119 Å². The monoisotopic (exact) mass is 268 g/mol. The summed E-state index contributed by atoms with van der Waals surface area (Å²) in [4.78, 5) is 2.68. The van der Waals surface area contributed by atoms with Crippen LogP contribution in [-0.4, -0.2) is 50.8 Å². The first-order valence-corrected chi connectivity index (χ1v) is 8.19. The maximum absolute atomic E-state index is 5.07. The first-order valence-electron chi connectivity index (χ1n) is 8.19. The summed E-state index contributed by atoms with van der Waals surface area (Å²) in [6, 6.07) is 0.665. The van der Waals surface area contributed by atoms with Crippen LogP contribution in [-0.2, 0) is 4.74 Å². The minimum Gasteiger partial charge on any atom is -0.383 e. The number of ether oxygens (including phenoxy) is 1. The van der Waals surface area contributed by atoms with Crippen LogP contribution in [0.5, 0.6) is 0 Å². The number of hydrogen-bond acceptors (Lipinski definition) is 3. The number of piperidine rings is 1. The van der Waals surface area contributed by atoms with E-state index in [1.165, 1.54) is 58.0 Å². The molecular formula is C16H32N2O. The summed E-state index contributed by atoms with van der Waals surface area (Å²) in [5, 5.41) is 3.49. The van der Waals surface area contributed by atoms with Gasteiger partial charge in [0.2, 0.25) is 0 Å². The van der Waals surface area contributed by atoms with Gasteiger partial charge >= 0.3 is 0 Å². The number of nitrogens with zero attached hydrogens (tertiary/aromatic N) is 1. The van der Waals surface area contributed by atoms with E-state index in [1.54, 1.807) is 7.11 Å². The van der Waals surface area contributed by atoms with E-state index in [0.29, 0.717) is 6.04 Å². The molecule has 2 fully saturated rings. The van der Waals surface area contributed by atoms with Gasteiger partial charge in [-0.15, -0.1) is 0 Å². The molecule has 0 aromatic rings. The largest absolute Gasteiger partial charge is 0.383 e. The Hall–Kier alpha value is -0.120. The Kier molecular flexibility index (Phi) is 6.11. The molecule has 1 unspecified atom stereocenters. The molecule has 1 aliphatic heterocycles. The van der Waals surface area contributed by atoms with Gasteiger partial charge in [0.25, 0.3) is 0 Å². The van der Waals surface area contributed by atoms with Gasteiger partial charge in [-0.05, 0) is 51.1 Å². The van der Waals surface area contributed by atoms with Crippen molar-refractivity contribution in [1.82, 2.24) is 10.2 Å². The molecule has 19 heavy (non-hydrogen) atoms. The summed E-state index contributed by atoms with van der Waals surface area (Å²) in [6.07, 6.45) is 10.3. The van der Waals surface area contributed by atoms with Gasteiger partial charge in [0.05, 0.1) is 6.61 Å². The number of nitrogens with one attached hydrogen (secondary N) is 1. The van der Waals surface area contributed by atoms with Crippen LogP contribution in [0, 0.1) is 5.41 Å². The first-order chi connectivity index (χ1) is 9.26. The quantitative estimate of drug-likeness (QED) is 0.750. The standard InChI is InChI=1S/C16H32N2O/c1-15(14-17-10-13-19-2)18-11-8-16(9-12-18)6-4-3-5-7-16/h15,17H,3-14H2,1-2H3. The molecule has 0 aromatic carbocycles. The number of rotatable bonds is 6. The highest BCUT2D eigenvalue weighted by atomic mass is 16.5. The lowest BCUT2D eigenvalue weighted by molar-refractivity contribution is 0.0486. The lowest BCUT2D eigenvalue weighted by Gasteiger charge is -2.46. The summed E-state index contributed by atoms with van der Waals surface area (Å²) < 4.78 is 5.07. The maximum Gasteiger partial charge on any atom is 0.0587 e. The molecular weight excluding hydrogens is 236 g/mol. The van der Waals surface area contributed by atoms with Gasteiger partial charge in [-0.2, -0.15) is 0 Å². The molecule has 0 radical (unpaired) electrons. The van der Waals surface area contributed by atoms with E-state index in [-0.39, 0.29) is 0 Å². The third-order valence-corrected chi connectivity index (χ3v) is 5.32. The molecule has 1 spiro atoms. The van der Waals surface area contributed by atoms with Gasteiger partial charge in [-0.3, -0.25) is 4.90 Å². The van der Waals surface area contributed by atoms with Crippen LogP contribution in [0.15, 0.2) is 0 Å². The Morgan fingerprint density at radius 1 is 1.11 bits per heavy atom. The van der Waals surface area contributed by atoms with Crippen LogP contribution in [0.1, 0.15) is 51.9 Å². The van der Waals surface area contributed by atoms with E-state index in [4.69, 9.17) is 4.74 Å². The van der Waals surface area contributed by atoms with E-state index < -0.39 is 0 Å². The summed E-state index contributed by atoms with van der Waals surface area (Å²) in [5.41, 5.74) is 0.734. The maximum atomic E-state index is 5.07. The van der Waals surface area contributed by atoms with Crippen LogP contribution >= 0.6 is 0 Å². The summed E-state index contributed by atoms with van der Waals surface area (Å²) >= 11 is 0. The second-order valence-corrected chi connectivity index (χ2v) is 6.64. The van der Waals surface area contributed by atoms with Crippen molar-refractivity contribution in [1.29, 1.82) is 0 Å². The van der Waals surface area contributed by atoms with Gasteiger partial charge in [0, 0.05) is 26.2 Å². The highest BCUT2D eigenvalue weighted by Crippen LogP contribution is 2.44. The summed E-state index contributed by atoms with van der Waals surface area (Å²) in [5.74, 6) is 0. The molecule has 1 N–H and O–H groups in total. The van der Waals surface area contributed by atoms with Crippen molar-refractivity contribution in [3.05, 3.63) is 0 Å². The van der Waals surface area contributed by atoms with Crippen molar-refractivity contribution in [3.8, 4) is 0 Å². The topological polar surface area (TPSA) is 24.5 Å². The van der Waals surface area contributed by atoms with E-state index in [0.717, 1.165) is 25.1 Å². The van der Waals surface area contributed by atoms with Gasteiger partial charge in [0.15, 0.2) is 0 Å². The Morgan fingerprint density at radius 3 is 2.42 bits per heavy atom. The predicted molar refractivity (Wildman–Crippen MR) is 80.5 cm³/mol. The van der Waals surface area contributed by atoms with Gasteiger partial charge in [-0.25, -0.2) is 0 Å².